The summed E-state index contributed by atoms with van der Waals surface area (Å²) in [6.07, 6.45) is 7.38. The van der Waals surface area contributed by atoms with E-state index < -0.39 is 0 Å². The quantitative estimate of drug-likeness (QED) is 0.704. The number of hydrogen-bond donors (Lipinski definition) is 2. The van der Waals surface area contributed by atoms with E-state index in [0.29, 0.717) is 28.7 Å². The van der Waals surface area contributed by atoms with Gasteiger partial charge in [0.1, 0.15) is 0 Å². The number of nitrogens with two attached hydrogens (primary N) is 1. The van der Waals surface area contributed by atoms with Crippen molar-refractivity contribution in [2.75, 3.05) is 5.32 Å². The standard InChI is InChI=1S/C21H22ClN5O/c22-18-13-24-21(25-16-9-7-15(23)8-10-16)26-20(18)14-4-3-5-17(12-14)27-11-2-1-6-19(27)28/h1-6,11-13,15-16H,7-10,23H2,(H,24,25,26). The summed E-state index contributed by atoms with van der Waals surface area (Å²) in [5, 5.41) is 3.87. The van der Waals surface area contributed by atoms with Crippen molar-refractivity contribution in [2.24, 2.45) is 5.73 Å². The minimum Gasteiger partial charge on any atom is -0.351 e. The Morgan fingerprint density at radius 3 is 2.71 bits per heavy atom. The van der Waals surface area contributed by atoms with E-state index in [1.54, 1.807) is 23.0 Å². The van der Waals surface area contributed by atoms with Gasteiger partial charge in [0.15, 0.2) is 0 Å². The summed E-state index contributed by atoms with van der Waals surface area (Å²) in [6, 6.07) is 13.3. The van der Waals surface area contributed by atoms with Gasteiger partial charge < -0.3 is 11.1 Å². The van der Waals surface area contributed by atoms with E-state index in [0.717, 1.165) is 36.9 Å². The second-order valence-corrected chi connectivity index (χ2v) is 7.51. The van der Waals surface area contributed by atoms with Gasteiger partial charge in [-0.2, -0.15) is 0 Å². The lowest BCUT2D eigenvalue weighted by Gasteiger charge is -2.26. The van der Waals surface area contributed by atoms with Crippen LogP contribution in [0.5, 0.6) is 0 Å². The van der Waals surface area contributed by atoms with E-state index >= 15 is 0 Å². The number of nitrogens with zero attached hydrogens (tertiary/aromatic N) is 3. The van der Waals surface area contributed by atoms with Crippen LogP contribution < -0.4 is 16.6 Å². The van der Waals surface area contributed by atoms with Gasteiger partial charge in [0, 0.05) is 35.6 Å². The van der Waals surface area contributed by atoms with Crippen LogP contribution in [-0.4, -0.2) is 26.6 Å². The van der Waals surface area contributed by atoms with E-state index in [4.69, 9.17) is 17.3 Å². The Labute approximate surface area is 168 Å². The van der Waals surface area contributed by atoms with Gasteiger partial charge in [-0.3, -0.25) is 9.36 Å². The molecule has 1 aromatic carbocycles. The van der Waals surface area contributed by atoms with Gasteiger partial charge in [0.05, 0.1) is 16.9 Å². The highest BCUT2D eigenvalue weighted by Crippen LogP contribution is 2.28. The summed E-state index contributed by atoms with van der Waals surface area (Å²) in [5.41, 5.74) is 8.11. The Kier molecular flexibility index (Phi) is 5.41. The predicted octanol–water partition coefficient (Wildman–Crippen LogP) is 3.63. The first-order valence-electron chi connectivity index (χ1n) is 9.43. The van der Waals surface area contributed by atoms with Crippen molar-refractivity contribution in [3.8, 4) is 16.9 Å². The summed E-state index contributed by atoms with van der Waals surface area (Å²) in [4.78, 5) is 21.1. The van der Waals surface area contributed by atoms with Crippen LogP contribution >= 0.6 is 11.6 Å². The minimum atomic E-state index is -0.0914. The van der Waals surface area contributed by atoms with E-state index in [-0.39, 0.29) is 5.56 Å². The highest BCUT2D eigenvalue weighted by molar-refractivity contribution is 6.32. The number of pyridine rings is 1. The fourth-order valence-electron chi connectivity index (χ4n) is 3.53. The molecule has 7 heteroatoms. The monoisotopic (exact) mass is 395 g/mol. The third-order valence-electron chi connectivity index (χ3n) is 5.07. The molecule has 144 valence electrons. The summed E-state index contributed by atoms with van der Waals surface area (Å²) >= 11 is 6.38. The maximum absolute atomic E-state index is 12.1. The van der Waals surface area contributed by atoms with Crippen molar-refractivity contribution in [3.63, 3.8) is 0 Å². The number of anilines is 1. The smallest absolute Gasteiger partial charge is 0.255 e. The molecule has 0 spiro atoms. The summed E-state index contributed by atoms with van der Waals surface area (Å²) in [5.74, 6) is 0.558. The third kappa shape index (κ3) is 4.08. The highest BCUT2D eigenvalue weighted by atomic mass is 35.5. The minimum absolute atomic E-state index is 0.0914. The number of benzene rings is 1. The second-order valence-electron chi connectivity index (χ2n) is 7.11. The maximum atomic E-state index is 12.1. The van der Waals surface area contributed by atoms with Gasteiger partial charge in [-0.1, -0.05) is 29.8 Å². The molecule has 28 heavy (non-hydrogen) atoms. The van der Waals surface area contributed by atoms with Crippen LogP contribution in [0.15, 0.2) is 59.7 Å². The summed E-state index contributed by atoms with van der Waals surface area (Å²) in [7, 11) is 0. The predicted molar refractivity (Wildman–Crippen MR) is 112 cm³/mol. The van der Waals surface area contributed by atoms with E-state index in [2.05, 4.69) is 15.3 Å². The van der Waals surface area contributed by atoms with Crippen LogP contribution in [-0.2, 0) is 0 Å². The molecule has 1 aliphatic rings. The Balaban J connectivity index is 1.63. The Hall–Kier alpha value is -2.70. The van der Waals surface area contributed by atoms with Crippen molar-refractivity contribution in [3.05, 3.63) is 70.2 Å². The third-order valence-corrected chi connectivity index (χ3v) is 5.35. The van der Waals surface area contributed by atoms with Crippen LogP contribution in [0.4, 0.5) is 5.95 Å². The zero-order valence-electron chi connectivity index (χ0n) is 15.4. The molecule has 0 atom stereocenters. The zero-order chi connectivity index (χ0) is 19.5. The molecule has 0 saturated heterocycles. The van der Waals surface area contributed by atoms with Crippen molar-refractivity contribution < 1.29 is 0 Å². The first kappa shape index (κ1) is 18.7. The van der Waals surface area contributed by atoms with Gasteiger partial charge in [-0.05, 0) is 43.9 Å². The van der Waals surface area contributed by atoms with Gasteiger partial charge in [-0.15, -0.1) is 0 Å². The van der Waals surface area contributed by atoms with Gasteiger partial charge in [-0.25, -0.2) is 9.97 Å². The molecule has 2 heterocycles. The lowest BCUT2D eigenvalue weighted by Crippen LogP contribution is -2.33. The van der Waals surface area contributed by atoms with E-state index in [1.165, 1.54) is 6.07 Å². The topological polar surface area (TPSA) is 85.8 Å². The summed E-state index contributed by atoms with van der Waals surface area (Å²) < 4.78 is 1.59. The lowest BCUT2D eigenvalue weighted by atomic mass is 9.92. The molecule has 0 amide bonds. The average molecular weight is 396 g/mol. The number of hydrogen-bond acceptors (Lipinski definition) is 5. The Morgan fingerprint density at radius 2 is 1.93 bits per heavy atom. The first-order valence-corrected chi connectivity index (χ1v) is 9.81. The Bertz CT molecular complexity index is 1030. The van der Waals surface area contributed by atoms with Gasteiger partial charge >= 0.3 is 0 Å². The molecule has 0 radical (unpaired) electrons. The fourth-order valence-corrected chi connectivity index (χ4v) is 3.73. The number of rotatable bonds is 4. The van der Waals surface area contributed by atoms with Crippen molar-refractivity contribution in [1.29, 1.82) is 0 Å². The molecule has 0 aliphatic heterocycles. The van der Waals surface area contributed by atoms with Gasteiger partial charge in [0.2, 0.25) is 5.95 Å². The van der Waals surface area contributed by atoms with Crippen LogP contribution in [0.25, 0.3) is 16.9 Å². The van der Waals surface area contributed by atoms with Crippen molar-refractivity contribution in [1.82, 2.24) is 14.5 Å². The van der Waals surface area contributed by atoms with Crippen LogP contribution in [0.3, 0.4) is 0 Å². The number of nitrogens with one attached hydrogen (secondary N) is 1. The molecule has 3 aromatic rings. The van der Waals surface area contributed by atoms with Gasteiger partial charge in [0.25, 0.3) is 5.56 Å². The molecule has 2 aromatic heterocycles. The van der Waals surface area contributed by atoms with E-state index in [1.807, 2.05) is 30.3 Å². The molecule has 6 nitrogen and oxygen atoms in total. The van der Waals surface area contributed by atoms with Crippen molar-refractivity contribution >= 4 is 17.5 Å². The molecule has 1 fully saturated rings. The molecule has 3 N–H and O–H groups in total. The molecule has 0 unspecified atom stereocenters. The molecule has 1 aliphatic carbocycles. The van der Waals surface area contributed by atoms with Crippen LogP contribution in [0.2, 0.25) is 5.02 Å². The molecular weight excluding hydrogens is 374 g/mol. The second kappa shape index (κ2) is 8.12. The zero-order valence-corrected chi connectivity index (χ0v) is 16.1. The molecule has 0 bridgehead atoms. The molecule has 4 rings (SSSR count). The van der Waals surface area contributed by atoms with E-state index in [9.17, 15) is 4.79 Å². The number of aromatic nitrogens is 3. The normalized spacial score (nSPS) is 19.4. The van der Waals surface area contributed by atoms with Crippen molar-refractivity contribution in [2.45, 2.75) is 37.8 Å². The number of halogens is 1. The largest absolute Gasteiger partial charge is 0.351 e. The first-order chi connectivity index (χ1) is 13.6. The van der Waals surface area contributed by atoms with Crippen LogP contribution in [0, 0.1) is 0 Å². The highest BCUT2D eigenvalue weighted by Gasteiger charge is 2.19. The molecular formula is C21H22ClN5O. The average Bonchev–Trinajstić information content (AvgIpc) is 2.71. The molecule has 1 saturated carbocycles. The SMILES string of the molecule is NC1CCC(Nc2ncc(Cl)c(-c3cccc(-n4ccccc4=O)c3)n2)CC1. The fraction of sp³-hybridized carbons (Fsp3) is 0.286. The maximum Gasteiger partial charge on any atom is 0.255 e. The summed E-state index contributed by atoms with van der Waals surface area (Å²) in [6.45, 7) is 0. The lowest BCUT2D eigenvalue weighted by molar-refractivity contribution is 0.410. The van der Waals surface area contributed by atoms with Crippen LogP contribution in [0.1, 0.15) is 25.7 Å². The Morgan fingerprint density at radius 1 is 1.11 bits per heavy atom.